The first-order valence-electron chi connectivity index (χ1n) is 6.26. The monoisotopic (exact) mass is 390 g/mol. The number of oxazole rings is 1. The van der Waals surface area contributed by atoms with E-state index < -0.39 is 0 Å². The molecule has 0 amide bonds. The molecule has 0 saturated heterocycles. The van der Waals surface area contributed by atoms with Gasteiger partial charge in [0.15, 0.2) is 5.76 Å². The SMILES string of the molecule is CCCNC(C)c1ncc(-c2cc(Cl)ccc2I)o1. The summed E-state index contributed by atoms with van der Waals surface area (Å²) in [6.07, 6.45) is 2.84. The van der Waals surface area contributed by atoms with E-state index in [1.807, 2.05) is 25.1 Å². The molecule has 0 aliphatic heterocycles. The summed E-state index contributed by atoms with van der Waals surface area (Å²) in [5.41, 5.74) is 0.981. The molecule has 5 heteroatoms. The molecule has 1 unspecified atom stereocenters. The number of nitrogens with one attached hydrogen (secondary N) is 1. The zero-order chi connectivity index (χ0) is 13.8. The van der Waals surface area contributed by atoms with Crippen LogP contribution in [0.2, 0.25) is 5.02 Å². The molecule has 1 aromatic carbocycles. The Morgan fingerprint density at radius 3 is 3.00 bits per heavy atom. The summed E-state index contributed by atoms with van der Waals surface area (Å²) in [5.74, 6) is 1.46. The van der Waals surface area contributed by atoms with E-state index in [9.17, 15) is 0 Å². The fraction of sp³-hybridized carbons (Fsp3) is 0.357. The first kappa shape index (κ1) is 14.8. The molecular formula is C14H16ClIN2O. The maximum absolute atomic E-state index is 6.03. The molecule has 0 aliphatic rings. The minimum Gasteiger partial charge on any atom is -0.439 e. The minimum absolute atomic E-state index is 0.116. The molecule has 0 saturated carbocycles. The molecule has 0 aliphatic carbocycles. The van der Waals surface area contributed by atoms with Crippen molar-refractivity contribution in [3.05, 3.63) is 38.9 Å². The Labute approximate surface area is 131 Å². The summed E-state index contributed by atoms with van der Waals surface area (Å²) in [5, 5.41) is 4.05. The minimum atomic E-state index is 0.116. The quantitative estimate of drug-likeness (QED) is 0.755. The Morgan fingerprint density at radius 1 is 1.47 bits per heavy atom. The average Bonchev–Trinajstić information content (AvgIpc) is 2.88. The van der Waals surface area contributed by atoms with Gasteiger partial charge in [-0.05, 0) is 60.7 Å². The number of benzene rings is 1. The van der Waals surface area contributed by atoms with E-state index in [0.717, 1.165) is 27.9 Å². The van der Waals surface area contributed by atoms with Crippen LogP contribution in [0.15, 0.2) is 28.8 Å². The number of nitrogens with zero attached hydrogens (tertiary/aromatic N) is 1. The normalized spacial score (nSPS) is 12.6. The van der Waals surface area contributed by atoms with Gasteiger partial charge in [-0.1, -0.05) is 18.5 Å². The molecule has 0 radical (unpaired) electrons. The molecule has 19 heavy (non-hydrogen) atoms. The lowest BCUT2D eigenvalue weighted by atomic mass is 10.2. The lowest BCUT2D eigenvalue weighted by molar-refractivity contribution is 0.423. The molecule has 0 spiro atoms. The van der Waals surface area contributed by atoms with Crippen LogP contribution >= 0.6 is 34.2 Å². The molecule has 1 heterocycles. The first-order chi connectivity index (χ1) is 9.11. The second-order valence-corrected chi connectivity index (χ2v) is 5.96. The van der Waals surface area contributed by atoms with Crippen molar-refractivity contribution in [1.29, 1.82) is 0 Å². The summed E-state index contributed by atoms with van der Waals surface area (Å²) in [6, 6.07) is 5.86. The number of halogens is 2. The van der Waals surface area contributed by atoms with Crippen molar-refractivity contribution in [2.75, 3.05) is 6.54 Å². The summed E-state index contributed by atoms with van der Waals surface area (Å²) < 4.78 is 6.92. The summed E-state index contributed by atoms with van der Waals surface area (Å²) in [7, 11) is 0. The van der Waals surface area contributed by atoms with Gasteiger partial charge in [-0.15, -0.1) is 0 Å². The third kappa shape index (κ3) is 3.70. The number of rotatable bonds is 5. The van der Waals surface area contributed by atoms with Crippen molar-refractivity contribution in [2.24, 2.45) is 0 Å². The van der Waals surface area contributed by atoms with Gasteiger partial charge < -0.3 is 9.73 Å². The van der Waals surface area contributed by atoms with Crippen LogP contribution in [0.5, 0.6) is 0 Å². The first-order valence-corrected chi connectivity index (χ1v) is 7.72. The predicted molar refractivity (Wildman–Crippen MR) is 86.4 cm³/mol. The van der Waals surface area contributed by atoms with Crippen molar-refractivity contribution in [1.82, 2.24) is 10.3 Å². The molecule has 0 bridgehead atoms. The fourth-order valence-corrected chi connectivity index (χ4v) is 2.52. The summed E-state index contributed by atoms with van der Waals surface area (Å²) in [6.45, 7) is 5.14. The Morgan fingerprint density at radius 2 is 2.26 bits per heavy atom. The van der Waals surface area contributed by atoms with Gasteiger partial charge in [-0.3, -0.25) is 0 Å². The second kappa shape index (κ2) is 6.72. The fourth-order valence-electron chi connectivity index (χ4n) is 1.75. The topological polar surface area (TPSA) is 38.1 Å². The van der Waals surface area contributed by atoms with E-state index >= 15 is 0 Å². The van der Waals surface area contributed by atoms with E-state index in [1.54, 1.807) is 6.20 Å². The Balaban J connectivity index is 2.23. The Bertz CT molecular complexity index is 556. The van der Waals surface area contributed by atoms with Crippen LogP contribution in [-0.2, 0) is 0 Å². The molecule has 2 rings (SSSR count). The van der Waals surface area contributed by atoms with Gasteiger partial charge in [0.25, 0.3) is 0 Å². The number of hydrogen-bond donors (Lipinski definition) is 1. The van der Waals surface area contributed by atoms with E-state index in [4.69, 9.17) is 16.0 Å². The van der Waals surface area contributed by atoms with Crippen LogP contribution < -0.4 is 5.32 Å². The molecule has 2 aromatic rings. The third-order valence-electron chi connectivity index (χ3n) is 2.79. The summed E-state index contributed by atoms with van der Waals surface area (Å²) >= 11 is 8.29. The standard InChI is InChI=1S/C14H16ClIN2O/c1-3-6-17-9(2)14-18-8-13(19-14)11-7-10(15)4-5-12(11)16/h4-5,7-9,17H,3,6H2,1-2H3. The van der Waals surface area contributed by atoms with Crippen molar-refractivity contribution in [3.63, 3.8) is 0 Å². The highest BCUT2D eigenvalue weighted by molar-refractivity contribution is 14.1. The van der Waals surface area contributed by atoms with E-state index in [2.05, 4.69) is 39.8 Å². The van der Waals surface area contributed by atoms with E-state index in [-0.39, 0.29) is 6.04 Å². The van der Waals surface area contributed by atoms with Gasteiger partial charge in [0.2, 0.25) is 5.89 Å². The Kier molecular flexibility index (Phi) is 5.24. The van der Waals surface area contributed by atoms with Crippen LogP contribution in [0.1, 0.15) is 32.2 Å². The highest BCUT2D eigenvalue weighted by Crippen LogP contribution is 2.29. The van der Waals surface area contributed by atoms with Gasteiger partial charge in [0, 0.05) is 14.2 Å². The highest BCUT2D eigenvalue weighted by atomic mass is 127. The van der Waals surface area contributed by atoms with E-state index in [0.29, 0.717) is 10.9 Å². The van der Waals surface area contributed by atoms with Crippen molar-refractivity contribution in [3.8, 4) is 11.3 Å². The molecule has 102 valence electrons. The van der Waals surface area contributed by atoms with Gasteiger partial charge in [0.05, 0.1) is 12.2 Å². The molecule has 3 nitrogen and oxygen atoms in total. The molecule has 0 fully saturated rings. The van der Waals surface area contributed by atoms with Crippen molar-refractivity contribution in [2.45, 2.75) is 26.3 Å². The largest absolute Gasteiger partial charge is 0.439 e. The smallest absolute Gasteiger partial charge is 0.211 e. The van der Waals surface area contributed by atoms with Crippen LogP contribution in [0, 0.1) is 3.57 Å². The third-order valence-corrected chi connectivity index (χ3v) is 3.96. The predicted octanol–water partition coefficient (Wildman–Crippen LogP) is 4.66. The molecule has 1 N–H and O–H groups in total. The molecular weight excluding hydrogens is 375 g/mol. The maximum Gasteiger partial charge on any atom is 0.211 e. The van der Waals surface area contributed by atoms with Gasteiger partial charge in [0.1, 0.15) is 0 Å². The van der Waals surface area contributed by atoms with Crippen molar-refractivity contribution < 1.29 is 4.42 Å². The van der Waals surface area contributed by atoms with Crippen LogP contribution in [0.25, 0.3) is 11.3 Å². The lowest BCUT2D eigenvalue weighted by Gasteiger charge is -2.08. The van der Waals surface area contributed by atoms with E-state index in [1.165, 1.54) is 0 Å². The lowest BCUT2D eigenvalue weighted by Crippen LogP contribution is -2.19. The van der Waals surface area contributed by atoms with Gasteiger partial charge in [-0.2, -0.15) is 0 Å². The Hall–Kier alpha value is -0.590. The second-order valence-electron chi connectivity index (χ2n) is 4.36. The van der Waals surface area contributed by atoms with Crippen LogP contribution in [0.4, 0.5) is 0 Å². The van der Waals surface area contributed by atoms with Gasteiger partial charge >= 0.3 is 0 Å². The number of hydrogen-bond acceptors (Lipinski definition) is 3. The van der Waals surface area contributed by atoms with Crippen LogP contribution in [0.3, 0.4) is 0 Å². The van der Waals surface area contributed by atoms with Crippen molar-refractivity contribution >= 4 is 34.2 Å². The summed E-state index contributed by atoms with van der Waals surface area (Å²) in [4.78, 5) is 4.34. The van der Waals surface area contributed by atoms with Gasteiger partial charge in [-0.25, -0.2) is 4.98 Å². The highest BCUT2D eigenvalue weighted by Gasteiger charge is 2.14. The zero-order valence-electron chi connectivity index (χ0n) is 10.9. The molecule has 1 atom stereocenters. The zero-order valence-corrected chi connectivity index (χ0v) is 13.8. The average molecular weight is 391 g/mol. The maximum atomic E-state index is 6.03. The molecule has 1 aromatic heterocycles. The number of aromatic nitrogens is 1. The van der Waals surface area contributed by atoms with Crippen LogP contribution in [-0.4, -0.2) is 11.5 Å².